The van der Waals surface area contributed by atoms with Crippen LogP contribution in [-0.4, -0.2) is 35.5 Å². The van der Waals surface area contributed by atoms with Gasteiger partial charge in [0.25, 0.3) is 0 Å². The van der Waals surface area contributed by atoms with Crippen LogP contribution in [0.5, 0.6) is 0 Å². The quantitative estimate of drug-likeness (QED) is 0.525. The van der Waals surface area contributed by atoms with Gasteiger partial charge in [0.1, 0.15) is 0 Å². The van der Waals surface area contributed by atoms with Gasteiger partial charge in [-0.3, -0.25) is 4.79 Å². The molecular formula is C7H10F3NO4. The zero-order valence-corrected chi connectivity index (χ0v) is 8.01. The van der Waals surface area contributed by atoms with E-state index in [4.69, 9.17) is 5.11 Å². The molecule has 0 aromatic rings. The number of rotatable bonds is 3. The first-order valence-electron chi connectivity index (χ1n) is 3.90. The van der Waals surface area contributed by atoms with Gasteiger partial charge in [-0.2, -0.15) is 13.2 Å². The van der Waals surface area contributed by atoms with Gasteiger partial charge in [0.05, 0.1) is 6.61 Å². The highest BCUT2D eigenvalue weighted by molar-refractivity contribution is 5.86. The van der Waals surface area contributed by atoms with Crippen LogP contribution in [0.4, 0.5) is 13.2 Å². The number of alkyl halides is 3. The number of carbonyl (C=O) groups excluding carboxylic acids is 2. The first-order valence-corrected chi connectivity index (χ1v) is 3.90. The van der Waals surface area contributed by atoms with Crippen LogP contribution in [0.15, 0.2) is 0 Å². The van der Waals surface area contributed by atoms with Gasteiger partial charge in [-0.15, -0.1) is 0 Å². The molecule has 0 aromatic carbocycles. The maximum atomic E-state index is 12.3. The summed E-state index contributed by atoms with van der Waals surface area (Å²) in [5.41, 5.74) is -3.99. The topological polar surface area (TPSA) is 75.6 Å². The molecule has 0 saturated carbocycles. The number of esters is 1. The van der Waals surface area contributed by atoms with Crippen molar-refractivity contribution in [3.05, 3.63) is 0 Å². The molecule has 88 valence electrons. The van der Waals surface area contributed by atoms with Crippen molar-refractivity contribution in [1.29, 1.82) is 0 Å². The second-order valence-electron chi connectivity index (χ2n) is 2.61. The summed E-state index contributed by atoms with van der Waals surface area (Å²) >= 11 is 0. The van der Waals surface area contributed by atoms with Crippen molar-refractivity contribution < 1.29 is 32.6 Å². The highest BCUT2D eigenvalue weighted by Gasteiger charge is 2.62. The number of hydrogen-bond donors (Lipinski definition) is 2. The molecule has 0 aromatic heterocycles. The Morgan fingerprint density at radius 1 is 1.40 bits per heavy atom. The van der Waals surface area contributed by atoms with Crippen molar-refractivity contribution in [2.45, 2.75) is 25.7 Å². The summed E-state index contributed by atoms with van der Waals surface area (Å²) in [6, 6.07) is 0. The molecule has 8 heteroatoms. The van der Waals surface area contributed by atoms with E-state index in [0.717, 1.165) is 12.2 Å². The lowest BCUT2D eigenvalue weighted by Crippen LogP contribution is -2.64. The molecule has 0 radical (unpaired) electrons. The number of nitrogens with one attached hydrogen (secondary N) is 1. The Kier molecular flexibility index (Phi) is 4.08. The van der Waals surface area contributed by atoms with E-state index in [1.807, 2.05) is 0 Å². The SMILES string of the molecule is CCOC(=O)[C@](O)(NC(C)=O)C(F)(F)F. The van der Waals surface area contributed by atoms with Crippen molar-refractivity contribution in [3.63, 3.8) is 0 Å². The highest BCUT2D eigenvalue weighted by atomic mass is 19.4. The van der Waals surface area contributed by atoms with E-state index in [1.165, 1.54) is 6.92 Å². The Morgan fingerprint density at radius 2 is 1.87 bits per heavy atom. The van der Waals surface area contributed by atoms with Crippen LogP contribution in [0.2, 0.25) is 0 Å². The van der Waals surface area contributed by atoms with Crippen molar-refractivity contribution in [2.75, 3.05) is 6.61 Å². The van der Waals surface area contributed by atoms with E-state index >= 15 is 0 Å². The molecule has 5 nitrogen and oxygen atoms in total. The zero-order valence-electron chi connectivity index (χ0n) is 8.01. The van der Waals surface area contributed by atoms with Gasteiger partial charge >= 0.3 is 17.9 Å². The van der Waals surface area contributed by atoms with Gasteiger partial charge in [-0.1, -0.05) is 0 Å². The van der Waals surface area contributed by atoms with Crippen molar-refractivity contribution in [1.82, 2.24) is 5.32 Å². The molecule has 0 spiro atoms. The third kappa shape index (κ3) is 3.08. The maximum absolute atomic E-state index is 12.3. The summed E-state index contributed by atoms with van der Waals surface area (Å²) in [6.07, 6.45) is -5.34. The lowest BCUT2D eigenvalue weighted by molar-refractivity contribution is -0.271. The lowest BCUT2D eigenvalue weighted by Gasteiger charge is -2.27. The minimum Gasteiger partial charge on any atom is -0.462 e. The van der Waals surface area contributed by atoms with E-state index in [9.17, 15) is 22.8 Å². The lowest BCUT2D eigenvalue weighted by atomic mass is 10.2. The number of halogens is 3. The van der Waals surface area contributed by atoms with Crippen molar-refractivity contribution >= 4 is 11.9 Å². The van der Waals surface area contributed by atoms with Crippen LogP contribution in [-0.2, 0) is 14.3 Å². The molecule has 0 bridgehead atoms. The molecule has 0 unspecified atom stereocenters. The van der Waals surface area contributed by atoms with Gasteiger partial charge in [0.2, 0.25) is 5.91 Å². The Balaban J connectivity index is 5.02. The fourth-order valence-electron chi connectivity index (χ4n) is 0.728. The molecule has 2 N–H and O–H groups in total. The smallest absolute Gasteiger partial charge is 0.448 e. The summed E-state index contributed by atoms with van der Waals surface area (Å²) in [5.74, 6) is -3.17. The Labute approximate surface area is 83.2 Å². The molecule has 0 heterocycles. The summed E-state index contributed by atoms with van der Waals surface area (Å²) in [5, 5.41) is 10.1. The van der Waals surface area contributed by atoms with Gasteiger partial charge < -0.3 is 15.2 Å². The Morgan fingerprint density at radius 3 is 2.13 bits per heavy atom. The van der Waals surface area contributed by atoms with Gasteiger partial charge in [-0.05, 0) is 6.92 Å². The minimum absolute atomic E-state index is 0.350. The molecule has 0 aliphatic rings. The van der Waals surface area contributed by atoms with E-state index in [2.05, 4.69) is 4.74 Å². The van der Waals surface area contributed by atoms with E-state index in [1.54, 1.807) is 0 Å². The van der Waals surface area contributed by atoms with Crippen LogP contribution in [0.1, 0.15) is 13.8 Å². The summed E-state index contributed by atoms with van der Waals surface area (Å²) in [7, 11) is 0. The second kappa shape index (κ2) is 4.47. The fourth-order valence-corrected chi connectivity index (χ4v) is 0.728. The molecule has 15 heavy (non-hydrogen) atoms. The number of hydrogen-bond acceptors (Lipinski definition) is 4. The number of amides is 1. The second-order valence-corrected chi connectivity index (χ2v) is 2.61. The first-order chi connectivity index (χ1) is 6.65. The minimum atomic E-state index is -5.34. The molecule has 1 amide bonds. The molecule has 0 aliphatic heterocycles. The number of carbonyl (C=O) groups is 2. The molecule has 1 atom stereocenters. The highest BCUT2D eigenvalue weighted by Crippen LogP contribution is 2.29. The van der Waals surface area contributed by atoms with Crippen LogP contribution in [0.25, 0.3) is 0 Å². The predicted molar refractivity (Wildman–Crippen MR) is 41.5 cm³/mol. The van der Waals surface area contributed by atoms with Crippen LogP contribution in [0.3, 0.4) is 0 Å². The van der Waals surface area contributed by atoms with E-state index in [-0.39, 0.29) is 6.61 Å². The van der Waals surface area contributed by atoms with E-state index in [0.29, 0.717) is 0 Å². The standard InChI is InChI=1S/C7H10F3NO4/c1-3-15-5(13)6(14,7(8,9)10)11-4(2)12/h14H,3H2,1-2H3,(H,11,12)/t6-/m1/s1. The average molecular weight is 229 g/mol. The molecule has 0 rings (SSSR count). The molecular weight excluding hydrogens is 219 g/mol. The predicted octanol–water partition coefficient (Wildman–Crippen LogP) is -0.0635. The monoisotopic (exact) mass is 229 g/mol. The Bertz CT molecular complexity index is 265. The van der Waals surface area contributed by atoms with Gasteiger partial charge in [0.15, 0.2) is 0 Å². The van der Waals surface area contributed by atoms with Crippen LogP contribution in [0, 0.1) is 0 Å². The third-order valence-electron chi connectivity index (χ3n) is 1.34. The molecule has 0 fully saturated rings. The largest absolute Gasteiger partial charge is 0.462 e. The summed E-state index contributed by atoms with van der Waals surface area (Å²) in [6.45, 7) is 1.65. The maximum Gasteiger partial charge on any atom is 0.448 e. The molecule has 0 saturated heterocycles. The first kappa shape index (κ1) is 13.7. The summed E-state index contributed by atoms with van der Waals surface area (Å²) < 4.78 is 40.8. The van der Waals surface area contributed by atoms with Gasteiger partial charge in [-0.25, -0.2) is 4.79 Å². The van der Waals surface area contributed by atoms with Crippen molar-refractivity contribution in [3.8, 4) is 0 Å². The summed E-state index contributed by atoms with van der Waals surface area (Å²) in [4.78, 5) is 21.3. The zero-order chi connectivity index (χ0) is 12.3. The number of ether oxygens (including phenoxy) is 1. The van der Waals surface area contributed by atoms with Crippen LogP contribution >= 0.6 is 0 Å². The average Bonchev–Trinajstić information content (AvgIpc) is 2.01. The molecule has 0 aliphatic carbocycles. The van der Waals surface area contributed by atoms with Crippen molar-refractivity contribution in [2.24, 2.45) is 0 Å². The van der Waals surface area contributed by atoms with Crippen LogP contribution < -0.4 is 5.32 Å². The normalized spacial score (nSPS) is 15.3. The fraction of sp³-hybridized carbons (Fsp3) is 0.714. The van der Waals surface area contributed by atoms with Gasteiger partial charge in [0, 0.05) is 6.92 Å². The Hall–Kier alpha value is -1.31. The van der Waals surface area contributed by atoms with E-state index < -0.39 is 23.8 Å². The number of aliphatic hydroxyl groups is 1. The third-order valence-corrected chi connectivity index (χ3v) is 1.34.